The number of esters is 2. The fourth-order valence-electron chi connectivity index (χ4n) is 6.04. The van der Waals surface area contributed by atoms with Crippen molar-refractivity contribution in [2.45, 2.75) is 53.8 Å². The van der Waals surface area contributed by atoms with E-state index in [9.17, 15) is 9.59 Å². The zero-order chi connectivity index (χ0) is 42.1. The monoisotopic (exact) mass is 790 g/mol. The van der Waals surface area contributed by atoms with Gasteiger partial charge >= 0.3 is 11.9 Å². The summed E-state index contributed by atoms with van der Waals surface area (Å²) in [4.78, 5) is 21.9. The molecule has 0 bridgehead atoms. The van der Waals surface area contributed by atoms with Gasteiger partial charge in [0.2, 0.25) is 0 Å². The van der Waals surface area contributed by atoms with Crippen molar-refractivity contribution in [3.05, 3.63) is 200 Å². The minimum absolute atomic E-state index is 0.266. The minimum Gasteiger partial charge on any atom is -0.489 e. The summed E-state index contributed by atoms with van der Waals surface area (Å²) in [6.07, 6.45) is 1.36. The molecule has 60 heavy (non-hydrogen) atoms. The van der Waals surface area contributed by atoms with Crippen molar-refractivity contribution in [1.82, 2.24) is 0 Å². The van der Waals surface area contributed by atoms with E-state index >= 15 is 0 Å². The summed E-state index contributed by atoms with van der Waals surface area (Å²) in [5.74, 6) is 20.5. The third-order valence-corrected chi connectivity index (χ3v) is 9.40. The molecule has 0 spiro atoms. The molecular weight excluding hydrogens is 745 g/mol. The molecule has 0 aliphatic heterocycles. The van der Waals surface area contributed by atoms with Crippen LogP contribution in [0.3, 0.4) is 0 Å². The van der Waals surface area contributed by atoms with Crippen LogP contribution in [0.5, 0.6) is 11.5 Å². The molecule has 0 radical (unpaired) electrons. The second kappa shape index (κ2) is 21.3. The van der Waals surface area contributed by atoms with Gasteiger partial charge in [0.1, 0.15) is 24.7 Å². The Balaban J connectivity index is 0.937. The molecule has 0 saturated carbocycles. The van der Waals surface area contributed by atoms with Crippen LogP contribution in [0, 0.1) is 49.4 Å². The van der Waals surface area contributed by atoms with E-state index < -0.39 is 0 Å². The maximum Gasteiger partial charge on any atom is 0.302 e. The van der Waals surface area contributed by atoms with Crippen LogP contribution < -0.4 is 9.47 Å². The Bertz CT molecular complexity index is 2420. The number of ether oxygens (including phenoxy) is 4. The molecule has 0 aromatic heterocycles. The lowest BCUT2D eigenvalue weighted by Gasteiger charge is -2.10. The van der Waals surface area contributed by atoms with E-state index in [1.807, 2.05) is 147 Å². The summed E-state index contributed by atoms with van der Waals surface area (Å²) >= 11 is 0. The molecule has 0 fully saturated rings. The number of benzene rings is 6. The zero-order valence-corrected chi connectivity index (χ0v) is 34.4. The average Bonchev–Trinajstić information content (AvgIpc) is 3.25. The molecular formula is C54H46O6. The van der Waals surface area contributed by atoms with E-state index in [0.717, 1.165) is 78.3 Å². The Morgan fingerprint density at radius 2 is 0.683 bits per heavy atom. The summed E-state index contributed by atoms with van der Waals surface area (Å²) in [6, 6.07) is 44.1. The van der Waals surface area contributed by atoms with Crippen LogP contribution in [0.15, 0.2) is 133 Å². The van der Waals surface area contributed by atoms with Crippen molar-refractivity contribution in [1.29, 1.82) is 0 Å². The molecule has 0 amide bonds. The van der Waals surface area contributed by atoms with Crippen LogP contribution in [0.4, 0.5) is 0 Å². The minimum atomic E-state index is -0.266. The molecule has 0 heterocycles. The van der Waals surface area contributed by atoms with Crippen molar-refractivity contribution in [2.24, 2.45) is 0 Å². The lowest BCUT2D eigenvalue weighted by molar-refractivity contribution is -0.141. The molecule has 6 heteroatoms. The van der Waals surface area contributed by atoms with Gasteiger partial charge in [-0.1, -0.05) is 84.1 Å². The van der Waals surface area contributed by atoms with E-state index in [4.69, 9.17) is 18.9 Å². The van der Waals surface area contributed by atoms with Crippen LogP contribution in [0.25, 0.3) is 0 Å². The van der Waals surface area contributed by atoms with Crippen molar-refractivity contribution in [3.8, 4) is 47.0 Å². The second-order valence-corrected chi connectivity index (χ2v) is 14.3. The topological polar surface area (TPSA) is 71.1 Å². The predicted molar refractivity (Wildman–Crippen MR) is 235 cm³/mol. The highest BCUT2D eigenvalue weighted by Gasteiger charge is 2.05. The van der Waals surface area contributed by atoms with Crippen LogP contribution >= 0.6 is 0 Å². The smallest absolute Gasteiger partial charge is 0.302 e. The van der Waals surface area contributed by atoms with Gasteiger partial charge < -0.3 is 18.9 Å². The van der Waals surface area contributed by atoms with Gasteiger partial charge in [0.25, 0.3) is 0 Å². The number of carbonyl (C=O) groups excluding carboxylic acids is 2. The molecule has 6 aromatic carbocycles. The fraction of sp³-hybridized carbons (Fsp3) is 0.185. The Kier molecular flexibility index (Phi) is 15.0. The summed E-state index contributed by atoms with van der Waals surface area (Å²) in [5.41, 5.74) is 11.9. The van der Waals surface area contributed by atoms with Gasteiger partial charge in [-0.2, -0.15) is 0 Å². The highest BCUT2D eigenvalue weighted by Crippen LogP contribution is 2.22. The molecule has 0 aliphatic rings. The van der Waals surface area contributed by atoms with E-state index in [-0.39, 0.29) is 11.9 Å². The number of carbonyl (C=O) groups is 2. The van der Waals surface area contributed by atoms with Crippen molar-refractivity contribution >= 4 is 11.9 Å². The maximum atomic E-state index is 11.0. The lowest BCUT2D eigenvalue weighted by atomic mass is 10.1. The molecule has 0 N–H and O–H groups in total. The van der Waals surface area contributed by atoms with Crippen LogP contribution in [0.2, 0.25) is 0 Å². The van der Waals surface area contributed by atoms with E-state index in [1.54, 1.807) is 0 Å². The number of hydrogen-bond donors (Lipinski definition) is 0. The molecule has 0 atom stereocenters. The van der Waals surface area contributed by atoms with Crippen molar-refractivity contribution < 1.29 is 28.5 Å². The van der Waals surface area contributed by atoms with Gasteiger partial charge in [0, 0.05) is 60.1 Å². The maximum absolute atomic E-state index is 11.0. The van der Waals surface area contributed by atoms with Gasteiger partial charge in [0.05, 0.1) is 13.2 Å². The Hall–Kier alpha value is -7.46. The predicted octanol–water partition coefficient (Wildman–Crippen LogP) is 9.87. The van der Waals surface area contributed by atoms with Crippen molar-refractivity contribution in [3.63, 3.8) is 0 Å². The quantitative estimate of drug-likeness (QED) is 0.0909. The summed E-state index contributed by atoms with van der Waals surface area (Å²) in [5, 5.41) is 0. The molecule has 0 aliphatic carbocycles. The average molecular weight is 791 g/mol. The summed E-state index contributed by atoms with van der Waals surface area (Å²) in [7, 11) is 0. The standard InChI is InChI=1S/C54H46O6/c1-39-35-49(21-15-43-7-11-47(12-8-43)31-33-57-41(3)55)27-29-53(39)59-37-51-23-17-45(18-24-51)5-6-46-19-25-52(26-20-46)38-60-54-30-28-50(36-40(54)2)22-16-44-9-13-48(14-10-44)32-34-58-42(4)56/h7-14,17-20,23-30,35-36H,31-34,37-38H2,1-4H3. The fourth-order valence-corrected chi connectivity index (χ4v) is 6.04. The summed E-state index contributed by atoms with van der Waals surface area (Å²) in [6.45, 7) is 8.53. The van der Waals surface area contributed by atoms with E-state index in [2.05, 4.69) is 35.5 Å². The second-order valence-electron chi connectivity index (χ2n) is 14.3. The van der Waals surface area contributed by atoms with Gasteiger partial charge in [-0.15, -0.1) is 0 Å². The molecule has 6 nitrogen and oxygen atoms in total. The van der Waals surface area contributed by atoms with Gasteiger partial charge in [0.15, 0.2) is 0 Å². The van der Waals surface area contributed by atoms with Crippen molar-refractivity contribution in [2.75, 3.05) is 13.2 Å². The van der Waals surface area contributed by atoms with Crippen LogP contribution in [-0.4, -0.2) is 25.2 Å². The first-order valence-electron chi connectivity index (χ1n) is 19.8. The lowest BCUT2D eigenvalue weighted by Crippen LogP contribution is -2.03. The highest BCUT2D eigenvalue weighted by atomic mass is 16.5. The van der Waals surface area contributed by atoms with Gasteiger partial charge in [-0.25, -0.2) is 0 Å². The Labute approximate surface area is 353 Å². The first-order valence-corrected chi connectivity index (χ1v) is 19.8. The molecule has 0 saturated heterocycles. The Morgan fingerprint density at radius 3 is 0.983 bits per heavy atom. The zero-order valence-electron chi connectivity index (χ0n) is 34.4. The third kappa shape index (κ3) is 13.6. The number of hydrogen-bond acceptors (Lipinski definition) is 6. The first-order chi connectivity index (χ1) is 29.1. The molecule has 298 valence electrons. The highest BCUT2D eigenvalue weighted by molar-refractivity contribution is 5.66. The van der Waals surface area contributed by atoms with Crippen LogP contribution in [0.1, 0.15) is 80.6 Å². The van der Waals surface area contributed by atoms with E-state index in [0.29, 0.717) is 39.3 Å². The number of rotatable bonds is 12. The van der Waals surface area contributed by atoms with Gasteiger partial charge in [-0.3, -0.25) is 9.59 Å². The molecule has 6 aromatic rings. The Morgan fingerprint density at radius 1 is 0.400 bits per heavy atom. The van der Waals surface area contributed by atoms with Crippen LogP contribution in [-0.2, 0) is 45.1 Å². The first kappa shape index (κ1) is 42.2. The van der Waals surface area contributed by atoms with E-state index in [1.165, 1.54) is 13.8 Å². The van der Waals surface area contributed by atoms with Gasteiger partial charge in [-0.05, 0) is 132 Å². The molecule has 6 rings (SSSR count). The largest absolute Gasteiger partial charge is 0.489 e. The SMILES string of the molecule is CC(=O)OCCc1ccc(C#Cc2ccc(OCc3ccc(C#Cc4ccc(COc5ccc(C#Cc6ccc(CCOC(C)=O)cc6)cc5C)cc4)cc3)c(C)c2)cc1. The summed E-state index contributed by atoms with van der Waals surface area (Å²) < 4.78 is 22.3. The number of aryl methyl sites for hydroxylation is 2. The normalized spacial score (nSPS) is 10.1. The molecule has 0 unspecified atom stereocenters. The third-order valence-electron chi connectivity index (χ3n) is 9.40.